The monoisotopic (exact) mass is 395 g/mol. The number of aromatic nitrogens is 2. The van der Waals surface area contributed by atoms with Gasteiger partial charge in [-0.3, -0.25) is 4.79 Å². The van der Waals surface area contributed by atoms with E-state index < -0.39 is 0 Å². The lowest BCUT2D eigenvalue weighted by atomic mass is 9.89. The van der Waals surface area contributed by atoms with E-state index in [1.165, 1.54) is 12.1 Å². The highest BCUT2D eigenvalue weighted by atomic mass is 19.1. The number of amides is 1. The van der Waals surface area contributed by atoms with Gasteiger partial charge in [0.2, 0.25) is 5.91 Å². The number of benzene rings is 1. The fraction of sp³-hybridized carbons (Fsp3) is 0.364. The molecule has 1 fully saturated rings. The highest BCUT2D eigenvalue weighted by Crippen LogP contribution is 2.36. The van der Waals surface area contributed by atoms with Crippen LogP contribution in [0.4, 0.5) is 4.39 Å². The van der Waals surface area contributed by atoms with Crippen LogP contribution in [-0.2, 0) is 29.1 Å². The van der Waals surface area contributed by atoms with Crippen LogP contribution in [-0.4, -0.2) is 39.0 Å². The molecule has 2 aromatic heterocycles. The second-order valence-electron chi connectivity index (χ2n) is 7.78. The molecule has 0 bridgehead atoms. The van der Waals surface area contributed by atoms with E-state index in [4.69, 9.17) is 9.15 Å². The lowest BCUT2D eigenvalue weighted by Gasteiger charge is -2.44. The van der Waals surface area contributed by atoms with E-state index in [0.717, 1.165) is 30.1 Å². The predicted molar refractivity (Wildman–Crippen MR) is 103 cm³/mol. The Labute approximate surface area is 167 Å². The number of carbonyl (C=O) groups excluding carboxylic acids is 1. The van der Waals surface area contributed by atoms with Gasteiger partial charge in [0.1, 0.15) is 23.9 Å². The van der Waals surface area contributed by atoms with E-state index in [9.17, 15) is 9.18 Å². The first-order chi connectivity index (χ1) is 14.1. The molecule has 0 unspecified atom stereocenters. The number of hydrogen-bond donors (Lipinski definition) is 0. The molecule has 29 heavy (non-hydrogen) atoms. The Kier molecular flexibility index (Phi) is 4.47. The number of fused-ring (bicyclic) bond motifs is 1. The van der Waals surface area contributed by atoms with Crippen LogP contribution < -0.4 is 0 Å². The Morgan fingerprint density at radius 1 is 1.21 bits per heavy atom. The lowest BCUT2D eigenvalue weighted by molar-refractivity contribution is -0.145. The number of rotatable bonds is 3. The average molecular weight is 395 g/mol. The maximum Gasteiger partial charge on any atom is 0.226 e. The Bertz CT molecular complexity index is 1020. The molecule has 0 aliphatic carbocycles. The summed E-state index contributed by atoms with van der Waals surface area (Å²) in [5.74, 6) is 1.41. The summed E-state index contributed by atoms with van der Waals surface area (Å²) in [6, 6.07) is 10.0. The van der Waals surface area contributed by atoms with Crippen LogP contribution in [0.25, 0.3) is 11.5 Å². The first-order valence-corrected chi connectivity index (χ1v) is 9.86. The van der Waals surface area contributed by atoms with Crippen molar-refractivity contribution in [2.24, 2.45) is 0 Å². The molecule has 7 heteroatoms. The van der Waals surface area contributed by atoms with Gasteiger partial charge in [-0.15, -0.1) is 0 Å². The number of nitrogens with zero attached hydrogens (tertiary/aromatic N) is 3. The normalized spacial score (nSPS) is 18.0. The van der Waals surface area contributed by atoms with Gasteiger partial charge in [-0.2, -0.15) is 0 Å². The van der Waals surface area contributed by atoms with Crippen LogP contribution in [0.2, 0.25) is 0 Å². The summed E-state index contributed by atoms with van der Waals surface area (Å²) in [5.41, 5.74) is 1.36. The number of carbonyl (C=O) groups is 1. The van der Waals surface area contributed by atoms with Crippen molar-refractivity contribution >= 4 is 5.91 Å². The number of hydrogen-bond acceptors (Lipinski definition) is 4. The van der Waals surface area contributed by atoms with Gasteiger partial charge in [0, 0.05) is 13.1 Å². The minimum atomic E-state index is -0.313. The van der Waals surface area contributed by atoms with Gasteiger partial charge in [-0.05, 0) is 42.7 Å². The number of ether oxygens (including phenoxy) is 1. The van der Waals surface area contributed by atoms with Crippen LogP contribution in [0.15, 0.2) is 53.3 Å². The van der Waals surface area contributed by atoms with E-state index >= 15 is 0 Å². The maximum absolute atomic E-state index is 13.4. The quantitative estimate of drug-likeness (QED) is 0.682. The summed E-state index contributed by atoms with van der Waals surface area (Å²) in [6.07, 6.45) is 5.23. The van der Waals surface area contributed by atoms with E-state index in [0.29, 0.717) is 31.8 Å². The smallest absolute Gasteiger partial charge is 0.226 e. The molecule has 1 spiro atoms. The Morgan fingerprint density at radius 3 is 2.83 bits per heavy atom. The number of furan rings is 1. The molecule has 3 aromatic rings. The molecular formula is C22H22FN3O3. The van der Waals surface area contributed by atoms with Crippen molar-refractivity contribution in [1.82, 2.24) is 14.5 Å². The molecule has 0 N–H and O–H groups in total. The summed E-state index contributed by atoms with van der Waals surface area (Å²) in [5, 5.41) is 0. The Morgan fingerprint density at radius 2 is 2.07 bits per heavy atom. The standard InChI is InChI=1S/C22H22FN3O3/c23-17-4-1-3-16(11-17)12-21(27)25-8-6-22(7-9-25)15-26-18(19-5-2-10-28-19)13-24-20(26)14-29-22/h1-5,10-11,13H,6-9,12,14-15H2. The second kappa shape index (κ2) is 7.15. The van der Waals surface area contributed by atoms with Crippen LogP contribution in [0.3, 0.4) is 0 Å². The minimum absolute atomic E-state index is 0.0286. The van der Waals surface area contributed by atoms with Crippen LogP contribution >= 0.6 is 0 Å². The summed E-state index contributed by atoms with van der Waals surface area (Å²) in [6.45, 7) is 2.42. The predicted octanol–water partition coefficient (Wildman–Crippen LogP) is 3.42. The van der Waals surface area contributed by atoms with Crippen molar-refractivity contribution in [3.8, 4) is 11.5 Å². The molecule has 1 saturated heterocycles. The summed E-state index contributed by atoms with van der Waals surface area (Å²) in [4.78, 5) is 19.0. The summed E-state index contributed by atoms with van der Waals surface area (Å²) in [7, 11) is 0. The van der Waals surface area contributed by atoms with Crippen molar-refractivity contribution in [2.75, 3.05) is 13.1 Å². The second-order valence-corrected chi connectivity index (χ2v) is 7.78. The molecule has 1 amide bonds. The Balaban J connectivity index is 1.26. The number of piperidine rings is 1. The molecule has 150 valence electrons. The zero-order valence-corrected chi connectivity index (χ0v) is 16.0. The molecule has 5 rings (SSSR count). The van der Waals surface area contributed by atoms with Crippen molar-refractivity contribution in [3.05, 3.63) is 66.1 Å². The van der Waals surface area contributed by atoms with Gasteiger partial charge in [-0.25, -0.2) is 9.37 Å². The van der Waals surface area contributed by atoms with Gasteiger partial charge in [0.25, 0.3) is 0 Å². The SMILES string of the molecule is O=C(Cc1cccc(F)c1)N1CCC2(CC1)Cn1c(-c3ccco3)cnc1CO2. The van der Waals surface area contributed by atoms with Crippen LogP contribution in [0.5, 0.6) is 0 Å². The molecule has 0 saturated carbocycles. The minimum Gasteiger partial charge on any atom is -0.463 e. The third-order valence-corrected chi connectivity index (χ3v) is 5.94. The van der Waals surface area contributed by atoms with E-state index in [2.05, 4.69) is 9.55 Å². The van der Waals surface area contributed by atoms with E-state index in [1.54, 1.807) is 18.4 Å². The first-order valence-electron chi connectivity index (χ1n) is 9.86. The van der Waals surface area contributed by atoms with Gasteiger partial charge in [0.15, 0.2) is 5.76 Å². The van der Waals surface area contributed by atoms with Crippen molar-refractivity contribution < 1.29 is 18.3 Å². The highest BCUT2D eigenvalue weighted by Gasteiger charge is 2.41. The molecule has 0 atom stereocenters. The first kappa shape index (κ1) is 18.1. The maximum atomic E-state index is 13.4. The third-order valence-electron chi connectivity index (χ3n) is 5.94. The molecule has 4 heterocycles. The molecule has 2 aliphatic rings. The fourth-order valence-corrected chi connectivity index (χ4v) is 4.28. The molecule has 2 aliphatic heterocycles. The largest absolute Gasteiger partial charge is 0.463 e. The van der Waals surface area contributed by atoms with Crippen molar-refractivity contribution in [3.63, 3.8) is 0 Å². The number of likely N-dealkylation sites (tertiary alicyclic amines) is 1. The average Bonchev–Trinajstić information content (AvgIpc) is 3.37. The van der Waals surface area contributed by atoms with Gasteiger partial charge >= 0.3 is 0 Å². The molecule has 1 aromatic carbocycles. The van der Waals surface area contributed by atoms with E-state index in [-0.39, 0.29) is 23.7 Å². The van der Waals surface area contributed by atoms with Gasteiger partial charge in [-0.1, -0.05) is 12.1 Å². The van der Waals surface area contributed by atoms with E-state index in [1.807, 2.05) is 23.2 Å². The zero-order valence-electron chi connectivity index (χ0n) is 16.0. The Hall–Kier alpha value is -2.93. The van der Waals surface area contributed by atoms with Crippen LogP contribution in [0, 0.1) is 5.82 Å². The van der Waals surface area contributed by atoms with Crippen LogP contribution in [0.1, 0.15) is 24.2 Å². The third kappa shape index (κ3) is 3.46. The number of halogens is 1. The number of imidazole rings is 1. The molecular weight excluding hydrogens is 373 g/mol. The fourth-order valence-electron chi connectivity index (χ4n) is 4.28. The lowest BCUT2D eigenvalue weighted by Crippen LogP contribution is -2.52. The van der Waals surface area contributed by atoms with Crippen molar-refractivity contribution in [1.29, 1.82) is 0 Å². The summed E-state index contributed by atoms with van der Waals surface area (Å²) < 4.78 is 27.3. The topological polar surface area (TPSA) is 60.5 Å². The van der Waals surface area contributed by atoms with Gasteiger partial charge < -0.3 is 18.6 Å². The highest BCUT2D eigenvalue weighted by molar-refractivity contribution is 5.78. The van der Waals surface area contributed by atoms with Gasteiger partial charge in [0.05, 0.1) is 31.0 Å². The van der Waals surface area contributed by atoms with Crippen molar-refractivity contribution in [2.45, 2.75) is 38.0 Å². The summed E-state index contributed by atoms with van der Waals surface area (Å²) >= 11 is 0. The zero-order chi connectivity index (χ0) is 19.8. The molecule has 0 radical (unpaired) electrons. The molecule has 6 nitrogen and oxygen atoms in total.